The Labute approximate surface area is 144 Å². The van der Waals surface area contributed by atoms with Crippen LogP contribution >= 0.6 is 0 Å². The van der Waals surface area contributed by atoms with Crippen LogP contribution in [0.5, 0.6) is 0 Å². The topological polar surface area (TPSA) is 101 Å². The summed E-state index contributed by atoms with van der Waals surface area (Å²) >= 11 is 0. The molecule has 7 heteroatoms. The summed E-state index contributed by atoms with van der Waals surface area (Å²) < 4.78 is 5.38. The first kappa shape index (κ1) is 15.4. The summed E-state index contributed by atoms with van der Waals surface area (Å²) in [5.41, 5.74) is 2.34. The van der Waals surface area contributed by atoms with Crippen molar-refractivity contribution >= 4 is 11.6 Å². The molecule has 2 heterocycles. The molecule has 126 valence electrons. The number of nitrogens with one attached hydrogen (secondary N) is 1. The van der Waals surface area contributed by atoms with E-state index in [-0.39, 0.29) is 17.7 Å². The smallest absolute Gasteiger partial charge is 0.274 e. The molecule has 0 radical (unpaired) electrons. The number of hydrogen-bond acceptors (Lipinski definition) is 6. The van der Waals surface area contributed by atoms with Crippen LogP contribution in [0.3, 0.4) is 0 Å². The highest BCUT2D eigenvalue weighted by Crippen LogP contribution is 2.33. The maximum Gasteiger partial charge on any atom is 0.274 e. The number of hydrogen-bond donors (Lipinski definition) is 1. The van der Waals surface area contributed by atoms with E-state index in [4.69, 9.17) is 14.5 Å². The first-order chi connectivity index (χ1) is 12.3. The molecule has 1 aliphatic carbocycles. The summed E-state index contributed by atoms with van der Waals surface area (Å²) in [4.78, 5) is 21.9. The number of amides is 1. The first-order valence-electron chi connectivity index (χ1n) is 8.21. The molecule has 0 spiro atoms. The third-order valence-corrected chi connectivity index (χ3v) is 4.67. The van der Waals surface area contributed by atoms with E-state index >= 15 is 0 Å². The number of nitrogens with zero attached hydrogens (tertiary/aromatic N) is 3. The van der Waals surface area contributed by atoms with Crippen LogP contribution in [-0.2, 0) is 4.84 Å². The Hall–Kier alpha value is -3.14. The van der Waals surface area contributed by atoms with E-state index in [0.29, 0.717) is 29.3 Å². The van der Waals surface area contributed by atoms with Crippen molar-refractivity contribution in [3.63, 3.8) is 0 Å². The second kappa shape index (κ2) is 6.40. The summed E-state index contributed by atoms with van der Waals surface area (Å²) in [7, 11) is 0. The number of nitriles is 1. The van der Waals surface area contributed by atoms with Gasteiger partial charge in [-0.25, -0.2) is 4.98 Å². The molecule has 7 nitrogen and oxygen atoms in total. The molecule has 1 amide bonds. The Morgan fingerprint density at radius 2 is 2.16 bits per heavy atom. The Morgan fingerprint density at radius 1 is 1.32 bits per heavy atom. The lowest BCUT2D eigenvalue weighted by molar-refractivity contribution is 0.0746. The molecule has 1 N–H and O–H groups in total. The van der Waals surface area contributed by atoms with Crippen molar-refractivity contribution in [1.29, 1.82) is 5.26 Å². The van der Waals surface area contributed by atoms with Crippen molar-refractivity contribution in [3.8, 4) is 17.4 Å². The molecule has 2 atom stereocenters. The SMILES string of the molecule is N#Cc1ccc(-c2ocnc2C(=O)NCC2=NOC3CCCC23)cc1. The number of benzene rings is 1. The number of oxazole rings is 1. The van der Waals surface area contributed by atoms with Gasteiger partial charge in [0.05, 0.1) is 23.9 Å². The third-order valence-electron chi connectivity index (χ3n) is 4.67. The van der Waals surface area contributed by atoms with Gasteiger partial charge in [0.1, 0.15) is 6.10 Å². The average molecular weight is 336 g/mol. The van der Waals surface area contributed by atoms with Gasteiger partial charge in [0.15, 0.2) is 17.8 Å². The van der Waals surface area contributed by atoms with Crippen LogP contribution in [-0.4, -0.2) is 29.3 Å². The maximum absolute atomic E-state index is 12.5. The Bertz CT molecular complexity index is 863. The average Bonchev–Trinajstić information content (AvgIpc) is 3.36. The van der Waals surface area contributed by atoms with Gasteiger partial charge in [-0.3, -0.25) is 4.79 Å². The molecule has 2 aliphatic rings. The van der Waals surface area contributed by atoms with E-state index in [9.17, 15) is 4.79 Å². The van der Waals surface area contributed by atoms with E-state index in [1.54, 1.807) is 24.3 Å². The molecule has 1 saturated carbocycles. The largest absolute Gasteiger partial charge is 0.443 e. The number of carbonyl (C=O) groups is 1. The van der Waals surface area contributed by atoms with Gasteiger partial charge >= 0.3 is 0 Å². The minimum atomic E-state index is -0.322. The minimum Gasteiger partial charge on any atom is -0.443 e. The van der Waals surface area contributed by atoms with Gasteiger partial charge in [-0.05, 0) is 43.5 Å². The molecular weight excluding hydrogens is 320 g/mol. The van der Waals surface area contributed by atoms with Crippen LogP contribution in [0, 0.1) is 17.2 Å². The summed E-state index contributed by atoms with van der Waals surface area (Å²) in [5.74, 6) is 0.373. The standard InChI is InChI=1S/C18H16N4O3/c19-8-11-4-6-12(7-5-11)17-16(21-10-24-17)18(23)20-9-14-13-2-1-3-15(13)25-22-14/h4-7,10,13,15H,1-3,9H2,(H,20,23). The molecule has 1 aromatic heterocycles. The first-order valence-corrected chi connectivity index (χ1v) is 8.21. The lowest BCUT2D eigenvalue weighted by Crippen LogP contribution is -2.33. The van der Waals surface area contributed by atoms with Crippen molar-refractivity contribution in [2.45, 2.75) is 25.4 Å². The zero-order chi connectivity index (χ0) is 17.2. The Morgan fingerprint density at radius 3 is 2.96 bits per heavy atom. The van der Waals surface area contributed by atoms with Gasteiger partial charge < -0.3 is 14.6 Å². The van der Waals surface area contributed by atoms with Crippen LogP contribution in [0.4, 0.5) is 0 Å². The zero-order valence-electron chi connectivity index (χ0n) is 13.4. The van der Waals surface area contributed by atoms with Crippen molar-refractivity contribution in [2.24, 2.45) is 11.1 Å². The summed E-state index contributed by atoms with van der Waals surface area (Å²) in [5, 5.41) is 15.8. The van der Waals surface area contributed by atoms with Gasteiger partial charge in [0, 0.05) is 11.5 Å². The molecule has 0 bridgehead atoms. The molecule has 1 aromatic carbocycles. The van der Waals surface area contributed by atoms with Crippen LogP contribution in [0.1, 0.15) is 35.3 Å². The Kier molecular flexibility index (Phi) is 3.94. The zero-order valence-corrected chi connectivity index (χ0v) is 13.4. The summed E-state index contributed by atoms with van der Waals surface area (Å²) in [6.07, 6.45) is 4.63. The quantitative estimate of drug-likeness (QED) is 0.924. The second-order valence-electron chi connectivity index (χ2n) is 6.17. The Balaban J connectivity index is 1.46. The molecule has 1 aliphatic heterocycles. The predicted molar refractivity (Wildman–Crippen MR) is 88.6 cm³/mol. The van der Waals surface area contributed by atoms with Crippen molar-refractivity contribution in [1.82, 2.24) is 10.3 Å². The van der Waals surface area contributed by atoms with Gasteiger partial charge in [0.2, 0.25) is 0 Å². The number of rotatable bonds is 4. The van der Waals surface area contributed by atoms with E-state index in [2.05, 4.69) is 21.5 Å². The molecule has 1 fully saturated rings. The monoisotopic (exact) mass is 336 g/mol. The number of carbonyl (C=O) groups excluding carboxylic acids is 1. The van der Waals surface area contributed by atoms with E-state index in [1.807, 2.05) is 0 Å². The second-order valence-corrected chi connectivity index (χ2v) is 6.17. The van der Waals surface area contributed by atoms with Crippen molar-refractivity contribution < 1.29 is 14.0 Å². The lowest BCUT2D eigenvalue weighted by Gasteiger charge is -2.09. The molecule has 0 saturated heterocycles. The highest BCUT2D eigenvalue weighted by atomic mass is 16.6. The van der Waals surface area contributed by atoms with Crippen LogP contribution in [0.15, 0.2) is 40.2 Å². The highest BCUT2D eigenvalue weighted by molar-refractivity contribution is 6.00. The van der Waals surface area contributed by atoms with Gasteiger partial charge in [-0.1, -0.05) is 5.16 Å². The van der Waals surface area contributed by atoms with Gasteiger partial charge in [-0.15, -0.1) is 0 Å². The van der Waals surface area contributed by atoms with E-state index in [0.717, 1.165) is 25.0 Å². The van der Waals surface area contributed by atoms with E-state index < -0.39 is 0 Å². The van der Waals surface area contributed by atoms with E-state index in [1.165, 1.54) is 6.39 Å². The van der Waals surface area contributed by atoms with Crippen LogP contribution in [0.2, 0.25) is 0 Å². The molecule has 2 unspecified atom stereocenters. The van der Waals surface area contributed by atoms with Crippen LogP contribution in [0.25, 0.3) is 11.3 Å². The van der Waals surface area contributed by atoms with Crippen molar-refractivity contribution in [2.75, 3.05) is 6.54 Å². The highest BCUT2D eigenvalue weighted by Gasteiger charge is 2.38. The molecular formula is C18H16N4O3. The third kappa shape index (κ3) is 2.87. The fourth-order valence-corrected chi connectivity index (χ4v) is 3.36. The fourth-order valence-electron chi connectivity index (χ4n) is 3.36. The fraction of sp³-hybridized carbons (Fsp3) is 0.333. The minimum absolute atomic E-state index is 0.174. The summed E-state index contributed by atoms with van der Waals surface area (Å²) in [6.45, 7) is 0.347. The number of fused-ring (bicyclic) bond motifs is 1. The predicted octanol–water partition coefficient (Wildman–Crippen LogP) is 2.50. The maximum atomic E-state index is 12.5. The summed E-state index contributed by atoms with van der Waals surface area (Å²) in [6, 6.07) is 8.86. The molecule has 2 aromatic rings. The van der Waals surface area contributed by atoms with Gasteiger partial charge in [0.25, 0.3) is 5.91 Å². The molecule has 4 rings (SSSR count). The normalized spacial score (nSPS) is 21.2. The van der Waals surface area contributed by atoms with Gasteiger partial charge in [-0.2, -0.15) is 5.26 Å². The van der Waals surface area contributed by atoms with Crippen molar-refractivity contribution in [3.05, 3.63) is 41.9 Å². The van der Waals surface area contributed by atoms with Crippen LogP contribution < -0.4 is 5.32 Å². The number of oxime groups is 1. The number of aromatic nitrogens is 1. The lowest BCUT2D eigenvalue weighted by atomic mass is 10.0. The molecule has 25 heavy (non-hydrogen) atoms.